The van der Waals surface area contributed by atoms with Crippen LogP contribution in [-0.4, -0.2) is 21.8 Å². The van der Waals surface area contributed by atoms with Gasteiger partial charge < -0.3 is 5.32 Å². The second-order valence-corrected chi connectivity index (χ2v) is 6.89. The second-order valence-electron chi connectivity index (χ2n) is 5.60. The summed E-state index contributed by atoms with van der Waals surface area (Å²) in [5.74, 6) is -0.469. The smallest absolute Gasteiger partial charge is 0.325 e. The van der Waals surface area contributed by atoms with Gasteiger partial charge in [-0.2, -0.15) is 13.2 Å². The Hall–Kier alpha value is -1.77. The van der Waals surface area contributed by atoms with E-state index in [4.69, 9.17) is 0 Å². The number of hydrogen-bond acceptors (Lipinski definition) is 4. The number of nitro groups is 1. The molecular formula is C15H17F3N2O3S. The number of benzene rings is 1. The molecule has 0 unspecified atom stereocenters. The number of carbonyl (C=O) groups is 1. The number of amides is 1. The van der Waals surface area contributed by atoms with Crippen molar-refractivity contribution in [3.8, 4) is 0 Å². The predicted octanol–water partition coefficient (Wildman–Crippen LogP) is 4.62. The van der Waals surface area contributed by atoms with Crippen molar-refractivity contribution >= 4 is 29.0 Å². The third-order valence-corrected chi connectivity index (χ3v) is 5.17. The van der Waals surface area contributed by atoms with Crippen molar-refractivity contribution in [2.45, 2.75) is 43.5 Å². The normalized spacial score (nSPS) is 16.0. The number of anilines is 1. The van der Waals surface area contributed by atoms with E-state index in [1.165, 1.54) is 18.2 Å². The maximum absolute atomic E-state index is 13.0. The molecule has 2 rings (SSSR count). The number of carbonyl (C=O) groups excluding carboxylic acids is 1. The minimum absolute atomic E-state index is 0.0684. The molecule has 0 atom stereocenters. The van der Waals surface area contributed by atoms with Crippen LogP contribution in [0.1, 0.15) is 37.7 Å². The number of nitro benzene ring substituents is 1. The van der Waals surface area contributed by atoms with Crippen LogP contribution in [0.2, 0.25) is 0 Å². The topological polar surface area (TPSA) is 72.2 Å². The van der Waals surface area contributed by atoms with Crippen LogP contribution in [0.25, 0.3) is 0 Å². The lowest BCUT2D eigenvalue weighted by Gasteiger charge is -2.20. The lowest BCUT2D eigenvalue weighted by atomic mass is 10.0. The van der Waals surface area contributed by atoms with Gasteiger partial charge >= 0.3 is 6.18 Å². The Morgan fingerprint density at radius 2 is 1.96 bits per heavy atom. The molecule has 0 radical (unpaired) electrons. The van der Waals surface area contributed by atoms with Gasteiger partial charge in [-0.15, -0.1) is 11.8 Å². The zero-order valence-electron chi connectivity index (χ0n) is 12.8. The fraction of sp³-hybridized carbons (Fsp3) is 0.533. The van der Waals surface area contributed by atoms with Gasteiger partial charge in [-0.1, -0.05) is 19.3 Å². The Morgan fingerprint density at radius 1 is 1.29 bits per heavy atom. The van der Waals surface area contributed by atoms with Gasteiger partial charge in [0.05, 0.1) is 21.9 Å². The fourth-order valence-corrected chi connectivity index (χ4v) is 3.73. The predicted molar refractivity (Wildman–Crippen MR) is 86.1 cm³/mol. The summed E-state index contributed by atoms with van der Waals surface area (Å²) in [5.41, 5.74) is -2.34. The first-order valence-electron chi connectivity index (χ1n) is 7.54. The molecule has 0 bridgehead atoms. The van der Waals surface area contributed by atoms with Crippen molar-refractivity contribution < 1.29 is 22.9 Å². The molecule has 1 saturated carbocycles. The third-order valence-electron chi connectivity index (χ3n) is 3.80. The average Bonchev–Trinajstić information content (AvgIpc) is 2.53. The Morgan fingerprint density at radius 3 is 2.54 bits per heavy atom. The molecule has 0 aliphatic heterocycles. The highest BCUT2D eigenvalue weighted by atomic mass is 32.2. The summed E-state index contributed by atoms with van der Waals surface area (Å²) in [5, 5.41) is 13.2. The molecule has 0 spiro atoms. The highest BCUT2D eigenvalue weighted by Crippen LogP contribution is 2.37. The van der Waals surface area contributed by atoms with Crippen LogP contribution in [0.15, 0.2) is 18.2 Å². The highest BCUT2D eigenvalue weighted by Gasteiger charge is 2.35. The van der Waals surface area contributed by atoms with Crippen LogP contribution in [0, 0.1) is 10.1 Å². The van der Waals surface area contributed by atoms with Crippen molar-refractivity contribution in [1.82, 2.24) is 0 Å². The van der Waals surface area contributed by atoms with Gasteiger partial charge in [0.2, 0.25) is 5.91 Å². The summed E-state index contributed by atoms with van der Waals surface area (Å²) < 4.78 is 39.1. The molecule has 1 aliphatic carbocycles. The van der Waals surface area contributed by atoms with E-state index in [0.29, 0.717) is 11.3 Å². The number of rotatable bonds is 5. The summed E-state index contributed by atoms with van der Waals surface area (Å²) in [6, 6.07) is 2.30. The Bertz CT molecular complexity index is 616. The lowest BCUT2D eigenvalue weighted by molar-refractivity contribution is -0.385. The molecule has 1 N–H and O–H groups in total. The van der Waals surface area contributed by atoms with E-state index in [1.807, 2.05) is 0 Å². The molecule has 0 heterocycles. The van der Waals surface area contributed by atoms with Gasteiger partial charge in [0.25, 0.3) is 5.69 Å². The molecule has 1 fully saturated rings. The second kappa shape index (κ2) is 7.87. The van der Waals surface area contributed by atoms with Crippen LogP contribution in [-0.2, 0) is 11.0 Å². The largest absolute Gasteiger partial charge is 0.418 e. The van der Waals surface area contributed by atoms with Crippen molar-refractivity contribution in [2.75, 3.05) is 11.1 Å². The standard InChI is InChI=1S/C15H17F3N2O3S/c16-15(17,18)12-8-10(20(22)23)6-7-13(12)19-14(21)9-24-11-4-2-1-3-5-11/h6-8,11H,1-5,9H2,(H,19,21). The summed E-state index contributed by atoms with van der Waals surface area (Å²) >= 11 is 1.44. The van der Waals surface area contributed by atoms with Gasteiger partial charge in [-0.3, -0.25) is 14.9 Å². The summed E-state index contributed by atoms with van der Waals surface area (Å²) in [4.78, 5) is 21.7. The van der Waals surface area contributed by atoms with Gasteiger partial charge in [0.15, 0.2) is 0 Å². The van der Waals surface area contributed by atoms with Crippen LogP contribution < -0.4 is 5.32 Å². The Labute approximate surface area is 141 Å². The summed E-state index contributed by atoms with van der Waals surface area (Å²) in [6.07, 6.45) is 0.651. The first-order valence-corrected chi connectivity index (χ1v) is 8.59. The molecule has 0 saturated heterocycles. The SMILES string of the molecule is O=C(CSC1CCCCC1)Nc1ccc([N+](=O)[O-])cc1C(F)(F)F. The molecule has 1 aromatic carbocycles. The van der Waals surface area contributed by atoms with Crippen molar-refractivity contribution in [1.29, 1.82) is 0 Å². The van der Waals surface area contributed by atoms with Crippen molar-refractivity contribution in [3.05, 3.63) is 33.9 Å². The van der Waals surface area contributed by atoms with Crippen LogP contribution in [0.3, 0.4) is 0 Å². The quantitative estimate of drug-likeness (QED) is 0.613. The molecule has 1 amide bonds. The molecule has 9 heteroatoms. The van der Waals surface area contributed by atoms with E-state index in [-0.39, 0.29) is 5.75 Å². The molecule has 132 valence electrons. The van der Waals surface area contributed by atoms with Crippen LogP contribution in [0.4, 0.5) is 24.5 Å². The molecular weight excluding hydrogens is 345 g/mol. The first kappa shape index (κ1) is 18.6. The van der Waals surface area contributed by atoms with Crippen LogP contribution >= 0.6 is 11.8 Å². The van der Waals surface area contributed by atoms with E-state index >= 15 is 0 Å². The van der Waals surface area contributed by atoms with Crippen LogP contribution in [0.5, 0.6) is 0 Å². The molecule has 5 nitrogen and oxygen atoms in total. The van der Waals surface area contributed by atoms with Crippen molar-refractivity contribution in [3.63, 3.8) is 0 Å². The van der Waals surface area contributed by atoms with Gasteiger partial charge in [0.1, 0.15) is 0 Å². The van der Waals surface area contributed by atoms with E-state index in [9.17, 15) is 28.1 Å². The summed E-state index contributed by atoms with van der Waals surface area (Å²) in [7, 11) is 0. The van der Waals surface area contributed by atoms with Gasteiger partial charge in [0, 0.05) is 17.4 Å². The number of halogens is 3. The number of non-ortho nitro benzene ring substituents is 1. The number of alkyl halides is 3. The zero-order chi connectivity index (χ0) is 17.7. The minimum Gasteiger partial charge on any atom is -0.325 e. The molecule has 0 aromatic heterocycles. The number of thioether (sulfide) groups is 1. The average molecular weight is 362 g/mol. The fourth-order valence-electron chi connectivity index (χ4n) is 2.60. The van der Waals surface area contributed by atoms with Gasteiger partial charge in [-0.05, 0) is 18.9 Å². The number of hydrogen-bond donors (Lipinski definition) is 1. The van der Waals surface area contributed by atoms with Gasteiger partial charge in [-0.25, -0.2) is 0 Å². The number of nitrogens with one attached hydrogen (secondary N) is 1. The van der Waals surface area contributed by atoms with E-state index in [2.05, 4.69) is 5.32 Å². The summed E-state index contributed by atoms with van der Waals surface area (Å²) in [6.45, 7) is 0. The van der Waals surface area contributed by atoms with Crippen molar-refractivity contribution in [2.24, 2.45) is 0 Å². The van der Waals surface area contributed by atoms with E-state index in [0.717, 1.165) is 37.8 Å². The molecule has 24 heavy (non-hydrogen) atoms. The highest BCUT2D eigenvalue weighted by molar-refractivity contribution is 8.00. The third kappa shape index (κ3) is 5.12. The maximum atomic E-state index is 13.0. The van der Waals surface area contributed by atoms with E-state index in [1.54, 1.807) is 0 Å². The minimum atomic E-state index is -4.79. The molecule has 1 aromatic rings. The monoisotopic (exact) mass is 362 g/mol. The first-order chi connectivity index (χ1) is 11.3. The number of nitrogens with zero attached hydrogens (tertiary/aromatic N) is 1. The maximum Gasteiger partial charge on any atom is 0.418 e. The Kier molecular flexibility index (Phi) is 6.09. The zero-order valence-corrected chi connectivity index (χ0v) is 13.6. The van der Waals surface area contributed by atoms with E-state index < -0.39 is 33.9 Å². The Balaban J connectivity index is 2.04. The molecule has 1 aliphatic rings. The lowest BCUT2D eigenvalue weighted by Crippen LogP contribution is -2.20.